The van der Waals surface area contributed by atoms with E-state index in [2.05, 4.69) is 31.2 Å². The number of thioether (sulfide) groups is 1. The predicted octanol–water partition coefficient (Wildman–Crippen LogP) is 3.61. The molecule has 112 valence electrons. The van der Waals surface area contributed by atoms with Crippen molar-refractivity contribution in [2.24, 2.45) is 4.99 Å². The van der Waals surface area contributed by atoms with Crippen LogP contribution in [-0.2, 0) is 11.2 Å². The van der Waals surface area contributed by atoms with Gasteiger partial charge in [-0.05, 0) is 43.2 Å². The maximum atomic E-state index is 12.1. The maximum Gasteiger partial charge on any atom is 0.239 e. The van der Waals surface area contributed by atoms with Gasteiger partial charge in [-0.25, -0.2) is 9.98 Å². The van der Waals surface area contributed by atoms with Gasteiger partial charge < -0.3 is 5.32 Å². The Bertz CT molecular complexity index is 730. The van der Waals surface area contributed by atoms with Gasteiger partial charge in [-0.2, -0.15) is 0 Å². The lowest BCUT2D eigenvalue weighted by atomic mass is 10.1. The Labute approximate surface area is 141 Å². The molecule has 2 aromatic rings. The first-order valence-electron chi connectivity index (χ1n) is 6.84. The predicted molar refractivity (Wildman–Crippen MR) is 93.4 cm³/mol. The smallest absolute Gasteiger partial charge is 0.239 e. The van der Waals surface area contributed by atoms with E-state index in [-0.39, 0.29) is 11.2 Å². The van der Waals surface area contributed by atoms with E-state index in [9.17, 15) is 4.79 Å². The van der Waals surface area contributed by atoms with Crippen molar-refractivity contribution >= 4 is 44.6 Å². The molecule has 6 heteroatoms. The number of aryl methyl sites for hydroxylation is 1. The number of hydrogen-bond donors (Lipinski definition) is 1. The van der Waals surface area contributed by atoms with E-state index < -0.39 is 0 Å². The number of aromatic nitrogens is 1. The Hall–Kier alpha value is -1.66. The first-order chi connectivity index (χ1) is 10.6. The summed E-state index contributed by atoms with van der Waals surface area (Å²) in [5.41, 5.74) is 2.04. The zero-order valence-corrected chi connectivity index (χ0v) is 14.3. The van der Waals surface area contributed by atoms with Crippen LogP contribution in [0.15, 0.2) is 51.9 Å². The second-order valence-electron chi connectivity index (χ2n) is 4.98. The highest BCUT2D eigenvalue weighted by molar-refractivity contribution is 9.10. The second-order valence-corrected chi connectivity index (χ2v) is 7.09. The third-order valence-electron chi connectivity index (χ3n) is 3.20. The van der Waals surface area contributed by atoms with Crippen molar-refractivity contribution in [2.45, 2.75) is 18.6 Å². The van der Waals surface area contributed by atoms with Crippen LogP contribution in [0.25, 0.3) is 0 Å². The van der Waals surface area contributed by atoms with E-state index in [4.69, 9.17) is 0 Å². The molecule has 1 aliphatic heterocycles. The molecular weight excluding hydrogens is 362 g/mol. The van der Waals surface area contributed by atoms with Gasteiger partial charge in [-0.15, -0.1) is 0 Å². The monoisotopic (exact) mass is 375 g/mol. The van der Waals surface area contributed by atoms with Crippen molar-refractivity contribution in [3.05, 3.63) is 58.2 Å². The molecule has 3 rings (SSSR count). The number of amides is 1. The number of carbonyl (C=O) groups is 1. The molecule has 0 bridgehead atoms. The van der Waals surface area contributed by atoms with Crippen molar-refractivity contribution in [1.29, 1.82) is 0 Å². The molecule has 2 heterocycles. The van der Waals surface area contributed by atoms with Crippen molar-refractivity contribution < 1.29 is 4.79 Å². The number of benzene rings is 1. The highest BCUT2D eigenvalue weighted by Crippen LogP contribution is 2.25. The fourth-order valence-corrected chi connectivity index (χ4v) is 3.40. The summed E-state index contributed by atoms with van der Waals surface area (Å²) < 4.78 is 1.03. The van der Waals surface area contributed by atoms with Gasteiger partial charge in [0.05, 0.1) is 5.25 Å². The topological polar surface area (TPSA) is 54.4 Å². The SMILES string of the molecule is Cc1cccc(/N=C2/NC(=O)C(Cc3ccc(Br)cc3)S2)n1. The maximum absolute atomic E-state index is 12.1. The van der Waals surface area contributed by atoms with Crippen LogP contribution in [0.4, 0.5) is 5.82 Å². The zero-order chi connectivity index (χ0) is 15.5. The minimum Gasteiger partial charge on any atom is -0.304 e. The Morgan fingerprint density at radius 2 is 2.05 bits per heavy atom. The molecule has 0 saturated carbocycles. The van der Waals surface area contributed by atoms with Crippen LogP contribution in [0.5, 0.6) is 0 Å². The summed E-state index contributed by atoms with van der Waals surface area (Å²) in [6.07, 6.45) is 0.685. The quantitative estimate of drug-likeness (QED) is 0.891. The highest BCUT2D eigenvalue weighted by atomic mass is 79.9. The zero-order valence-electron chi connectivity index (χ0n) is 11.9. The number of rotatable bonds is 3. The van der Waals surface area contributed by atoms with Gasteiger partial charge in [-0.1, -0.05) is 45.9 Å². The van der Waals surface area contributed by atoms with Crippen molar-refractivity contribution in [3.63, 3.8) is 0 Å². The van der Waals surface area contributed by atoms with E-state index in [1.807, 2.05) is 49.4 Å². The molecule has 22 heavy (non-hydrogen) atoms. The minimum atomic E-state index is -0.148. The van der Waals surface area contributed by atoms with Crippen LogP contribution in [-0.4, -0.2) is 21.3 Å². The summed E-state index contributed by atoms with van der Waals surface area (Å²) in [5, 5.41) is 3.30. The van der Waals surface area contributed by atoms with Gasteiger partial charge in [0.2, 0.25) is 5.91 Å². The number of nitrogens with zero attached hydrogens (tertiary/aromatic N) is 2. The Kier molecular flexibility index (Phi) is 4.59. The van der Waals surface area contributed by atoms with Gasteiger partial charge in [0, 0.05) is 10.2 Å². The summed E-state index contributed by atoms with van der Waals surface area (Å²) in [7, 11) is 0. The highest BCUT2D eigenvalue weighted by Gasteiger charge is 2.30. The Morgan fingerprint density at radius 1 is 1.27 bits per heavy atom. The van der Waals surface area contributed by atoms with E-state index >= 15 is 0 Å². The third-order valence-corrected chi connectivity index (χ3v) is 4.81. The molecule has 1 atom stereocenters. The summed E-state index contributed by atoms with van der Waals surface area (Å²) in [6.45, 7) is 1.92. The molecule has 1 unspecified atom stereocenters. The number of nitrogens with one attached hydrogen (secondary N) is 1. The van der Waals surface area contributed by atoms with E-state index in [1.54, 1.807) is 0 Å². The molecule has 1 N–H and O–H groups in total. The molecule has 1 saturated heterocycles. The molecule has 0 spiro atoms. The molecule has 1 aliphatic rings. The van der Waals surface area contributed by atoms with Gasteiger partial charge in [-0.3, -0.25) is 4.79 Å². The number of hydrogen-bond acceptors (Lipinski definition) is 4. The van der Waals surface area contributed by atoms with E-state index in [1.165, 1.54) is 11.8 Å². The van der Waals surface area contributed by atoms with Gasteiger partial charge in [0.25, 0.3) is 0 Å². The minimum absolute atomic E-state index is 0.000628. The average Bonchev–Trinajstić information content (AvgIpc) is 2.81. The third kappa shape index (κ3) is 3.75. The van der Waals surface area contributed by atoms with Crippen LogP contribution in [0.1, 0.15) is 11.3 Å². The molecule has 0 radical (unpaired) electrons. The number of pyridine rings is 1. The number of aliphatic imine (C=N–C) groups is 1. The van der Waals surface area contributed by atoms with E-state index in [0.717, 1.165) is 15.7 Å². The second kappa shape index (κ2) is 6.62. The van der Waals surface area contributed by atoms with Gasteiger partial charge in [0.15, 0.2) is 11.0 Å². The van der Waals surface area contributed by atoms with Crippen LogP contribution >= 0.6 is 27.7 Å². The van der Waals surface area contributed by atoms with Crippen molar-refractivity contribution in [2.75, 3.05) is 0 Å². The molecule has 1 aromatic heterocycles. The first-order valence-corrected chi connectivity index (χ1v) is 8.52. The first kappa shape index (κ1) is 15.2. The van der Waals surface area contributed by atoms with Crippen molar-refractivity contribution in [1.82, 2.24) is 10.3 Å². The standard InChI is InChI=1S/C16H14BrN3OS/c1-10-3-2-4-14(18-10)19-16-20-15(21)13(22-16)9-11-5-7-12(17)8-6-11/h2-8,13H,9H2,1H3,(H,18,19,20,21). The summed E-state index contributed by atoms with van der Waals surface area (Å²) in [6, 6.07) is 13.7. The molecule has 1 aromatic carbocycles. The number of amidine groups is 1. The molecule has 1 amide bonds. The van der Waals surface area contributed by atoms with Gasteiger partial charge >= 0.3 is 0 Å². The molecule has 4 nitrogen and oxygen atoms in total. The van der Waals surface area contributed by atoms with E-state index in [0.29, 0.717) is 17.4 Å². The molecule has 0 aliphatic carbocycles. The molecular formula is C16H14BrN3OS. The summed E-state index contributed by atoms with van der Waals surface area (Å²) in [5.74, 6) is 0.617. The largest absolute Gasteiger partial charge is 0.304 e. The van der Waals surface area contributed by atoms with Crippen LogP contribution < -0.4 is 5.32 Å². The van der Waals surface area contributed by atoms with Crippen molar-refractivity contribution in [3.8, 4) is 0 Å². The average molecular weight is 376 g/mol. The summed E-state index contributed by atoms with van der Waals surface area (Å²) in [4.78, 5) is 20.8. The number of halogens is 1. The fraction of sp³-hybridized carbons (Fsp3) is 0.188. The summed E-state index contributed by atoms with van der Waals surface area (Å²) >= 11 is 4.87. The Morgan fingerprint density at radius 3 is 2.77 bits per heavy atom. The lowest BCUT2D eigenvalue weighted by Gasteiger charge is -2.05. The van der Waals surface area contributed by atoms with Crippen LogP contribution in [0.3, 0.4) is 0 Å². The Balaban J connectivity index is 1.71. The van der Waals surface area contributed by atoms with Gasteiger partial charge in [0.1, 0.15) is 0 Å². The lowest BCUT2D eigenvalue weighted by molar-refractivity contribution is -0.118. The van der Waals surface area contributed by atoms with Crippen LogP contribution in [0.2, 0.25) is 0 Å². The number of carbonyl (C=O) groups excluding carboxylic acids is 1. The van der Waals surface area contributed by atoms with Crippen LogP contribution in [0, 0.1) is 6.92 Å². The normalized spacial score (nSPS) is 19.5. The lowest BCUT2D eigenvalue weighted by Crippen LogP contribution is -2.25. The fourth-order valence-electron chi connectivity index (χ4n) is 2.12. The molecule has 1 fully saturated rings.